The van der Waals surface area contributed by atoms with Crippen LogP contribution in [-0.4, -0.2) is 29.2 Å². The Morgan fingerprint density at radius 1 is 1.31 bits per heavy atom. The van der Waals surface area contributed by atoms with E-state index in [1.807, 2.05) is 27.7 Å². The maximum atomic E-state index is 9.69. The molecule has 0 amide bonds. The number of hydrogen-bond donors (Lipinski definition) is 1. The van der Waals surface area contributed by atoms with Crippen LogP contribution in [0.15, 0.2) is 0 Å². The molecule has 1 saturated heterocycles. The van der Waals surface area contributed by atoms with Gasteiger partial charge in [0.25, 0.3) is 0 Å². The summed E-state index contributed by atoms with van der Waals surface area (Å²) < 4.78 is 11.3. The number of hydrogen-bond acceptors (Lipinski definition) is 3. The topological polar surface area (TPSA) is 38.7 Å². The Kier molecular flexibility index (Phi) is 3.33. The van der Waals surface area contributed by atoms with Crippen molar-refractivity contribution in [3.05, 3.63) is 0 Å². The highest BCUT2D eigenvalue weighted by atomic mass is 16.8. The van der Waals surface area contributed by atoms with Gasteiger partial charge in [0.05, 0.1) is 12.2 Å². The highest BCUT2D eigenvalue weighted by molar-refractivity contribution is 4.84. The Labute approximate surface area is 80.0 Å². The first kappa shape index (κ1) is 11.0. The van der Waals surface area contributed by atoms with Gasteiger partial charge in [0.15, 0.2) is 5.79 Å². The third-order valence-electron chi connectivity index (χ3n) is 2.42. The summed E-state index contributed by atoms with van der Waals surface area (Å²) in [6, 6.07) is 0. The van der Waals surface area contributed by atoms with Gasteiger partial charge < -0.3 is 14.6 Å². The van der Waals surface area contributed by atoms with Gasteiger partial charge in [0.1, 0.15) is 6.10 Å². The lowest BCUT2D eigenvalue weighted by molar-refractivity contribution is -0.155. The maximum absolute atomic E-state index is 9.69. The molecule has 0 saturated carbocycles. The second-order valence-corrected chi connectivity index (χ2v) is 4.02. The average molecular weight is 188 g/mol. The van der Waals surface area contributed by atoms with Gasteiger partial charge in [0.2, 0.25) is 0 Å². The predicted octanol–water partition coefficient (Wildman–Crippen LogP) is 1.69. The second kappa shape index (κ2) is 3.95. The first-order valence-electron chi connectivity index (χ1n) is 5.04. The summed E-state index contributed by atoms with van der Waals surface area (Å²) in [5.74, 6) is -0.540. The van der Waals surface area contributed by atoms with Gasteiger partial charge >= 0.3 is 0 Å². The smallest absolute Gasteiger partial charge is 0.163 e. The molecule has 1 aliphatic heterocycles. The lowest BCUT2D eigenvalue weighted by Crippen LogP contribution is -2.34. The minimum Gasteiger partial charge on any atom is -0.390 e. The molecule has 1 rings (SSSR count). The summed E-state index contributed by atoms with van der Waals surface area (Å²) in [5.41, 5.74) is 0. The summed E-state index contributed by atoms with van der Waals surface area (Å²) in [7, 11) is 0. The molecular weight excluding hydrogens is 168 g/mol. The Hall–Kier alpha value is -0.120. The van der Waals surface area contributed by atoms with Gasteiger partial charge in [-0.3, -0.25) is 0 Å². The van der Waals surface area contributed by atoms with Crippen molar-refractivity contribution in [1.82, 2.24) is 0 Å². The summed E-state index contributed by atoms with van der Waals surface area (Å²) in [4.78, 5) is 0. The molecule has 0 aromatic heterocycles. The van der Waals surface area contributed by atoms with Crippen molar-refractivity contribution in [2.45, 2.75) is 64.6 Å². The average Bonchev–Trinajstić information content (AvgIpc) is 2.39. The molecule has 0 bridgehead atoms. The second-order valence-electron chi connectivity index (χ2n) is 4.02. The van der Waals surface area contributed by atoms with Crippen molar-refractivity contribution in [3.8, 4) is 0 Å². The van der Waals surface area contributed by atoms with Gasteiger partial charge in [-0.1, -0.05) is 13.8 Å². The molecular formula is C10H20O3. The van der Waals surface area contributed by atoms with E-state index in [4.69, 9.17) is 9.47 Å². The van der Waals surface area contributed by atoms with E-state index in [0.717, 1.165) is 6.42 Å². The highest BCUT2D eigenvalue weighted by Crippen LogP contribution is 2.32. The van der Waals surface area contributed by atoms with E-state index in [0.29, 0.717) is 6.42 Å². The first-order chi connectivity index (χ1) is 6.00. The molecule has 0 aromatic rings. The molecule has 78 valence electrons. The zero-order valence-electron chi connectivity index (χ0n) is 8.91. The van der Waals surface area contributed by atoms with E-state index in [1.165, 1.54) is 0 Å². The summed E-state index contributed by atoms with van der Waals surface area (Å²) >= 11 is 0. The quantitative estimate of drug-likeness (QED) is 0.732. The van der Waals surface area contributed by atoms with Gasteiger partial charge in [-0.05, 0) is 26.7 Å². The van der Waals surface area contributed by atoms with Gasteiger partial charge in [0, 0.05) is 0 Å². The summed E-state index contributed by atoms with van der Waals surface area (Å²) in [5, 5.41) is 9.69. The minimum absolute atomic E-state index is 0.0324. The van der Waals surface area contributed by atoms with Crippen LogP contribution in [0.2, 0.25) is 0 Å². The molecule has 3 heteroatoms. The van der Waals surface area contributed by atoms with Crippen molar-refractivity contribution in [2.24, 2.45) is 0 Å². The van der Waals surface area contributed by atoms with Crippen LogP contribution in [0, 0.1) is 0 Å². The molecule has 0 unspecified atom stereocenters. The lowest BCUT2D eigenvalue weighted by Gasteiger charge is -2.20. The van der Waals surface area contributed by atoms with E-state index < -0.39 is 11.9 Å². The van der Waals surface area contributed by atoms with Gasteiger partial charge in [-0.15, -0.1) is 0 Å². The third-order valence-corrected chi connectivity index (χ3v) is 2.42. The standard InChI is InChI=1S/C10H20O3/c1-5-7(11)9-8(6-2)12-10(3,4)13-9/h7-9,11H,5-6H2,1-4H3/t7-,8-,9+/m0/s1. The number of ether oxygens (including phenoxy) is 2. The first-order valence-corrected chi connectivity index (χ1v) is 5.04. The molecule has 13 heavy (non-hydrogen) atoms. The number of aliphatic hydroxyl groups is 1. The van der Waals surface area contributed by atoms with Crippen LogP contribution in [0.4, 0.5) is 0 Å². The summed E-state index contributed by atoms with van der Waals surface area (Å²) in [6.07, 6.45) is 1.05. The van der Waals surface area contributed by atoms with Crippen molar-refractivity contribution < 1.29 is 14.6 Å². The molecule has 1 heterocycles. The molecule has 0 aromatic carbocycles. The van der Waals surface area contributed by atoms with Crippen LogP contribution in [0.25, 0.3) is 0 Å². The largest absolute Gasteiger partial charge is 0.390 e. The van der Waals surface area contributed by atoms with Crippen LogP contribution in [0.1, 0.15) is 40.5 Å². The molecule has 0 aliphatic carbocycles. The Balaban J connectivity index is 2.63. The predicted molar refractivity (Wildman–Crippen MR) is 50.4 cm³/mol. The Morgan fingerprint density at radius 3 is 2.38 bits per heavy atom. The molecule has 3 atom stereocenters. The zero-order chi connectivity index (χ0) is 10.1. The van der Waals surface area contributed by atoms with E-state index >= 15 is 0 Å². The SMILES string of the molecule is CC[C@@H]1OC(C)(C)O[C@@H]1[C@@H](O)CC. The molecule has 1 fully saturated rings. The van der Waals surface area contributed by atoms with Crippen molar-refractivity contribution in [1.29, 1.82) is 0 Å². The van der Waals surface area contributed by atoms with Crippen molar-refractivity contribution in [3.63, 3.8) is 0 Å². The fourth-order valence-electron chi connectivity index (χ4n) is 1.74. The number of aliphatic hydroxyl groups excluding tert-OH is 1. The van der Waals surface area contributed by atoms with E-state index in [9.17, 15) is 5.11 Å². The normalized spacial score (nSPS) is 34.8. The van der Waals surface area contributed by atoms with Crippen molar-refractivity contribution >= 4 is 0 Å². The van der Waals surface area contributed by atoms with E-state index in [1.54, 1.807) is 0 Å². The number of rotatable bonds is 3. The van der Waals surface area contributed by atoms with Crippen LogP contribution in [-0.2, 0) is 9.47 Å². The van der Waals surface area contributed by atoms with Gasteiger partial charge in [-0.25, -0.2) is 0 Å². The van der Waals surface area contributed by atoms with Gasteiger partial charge in [-0.2, -0.15) is 0 Å². The fraction of sp³-hybridized carbons (Fsp3) is 1.00. The third kappa shape index (κ3) is 2.42. The molecule has 0 radical (unpaired) electrons. The molecule has 3 nitrogen and oxygen atoms in total. The molecule has 1 N–H and O–H groups in total. The molecule has 1 aliphatic rings. The van der Waals surface area contributed by atoms with Crippen LogP contribution in [0.3, 0.4) is 0 Å². The molecule has 0 spiro atoms. The van der Waals surface area contributed by atoms with Crippen LogP contribution in [0.5, 0.6) is 0 Å². The fourth-order valence-corrected chi connectivity index (χ4v) is 1.74. The van der Waals surface area contributed by atoms with Crippen molar-refractivity contribution in [2.75, 3.05) is 0 Å². The Bertz CT molecular complexity index is 168. The van der Waals surface area contributed by atoms with E-state index in [2.05, 4.69) is 0 Å². The zero-order valence-corrected chi connectivity index (χ0v) is 8.91. The van der Waals surface area contributed by atoms with Crippen LogP contribution < -0.4 is 0 Å². The lowest BCUT2D eigenvalue weighted by atomic mass is 10.0. The summed E-state index contributed by atoms with van der Waals surface area (Å²) in [6.45, 7) is 7.77. The van der Waals surface area contributed by atoms with Crippen LogP contribution >= 0.6 is 0 Å². The maximum Gasteiger partial charge on any atom is 0.163 e. The highest BCUT2D eigenvalue weighted by Gasteiger charge is 2.43. The monoisotopic (exact) mass is 188 g/mol. The van der Waals surface area contributed by atoms with E-state index in [-0.39, 0.29) is 12.2 Å². The Morgan fingerprint density at radius 2 is 1.92 bits per heavy atom. The minimum atomic E-state index is -0.540.